The van der Waals surface area contributed by atoms with Gasteiger partial charge in [0.2, 0.25) is 0 Å². The summed E-state index contributed by atoms with van der Waals surface area (Å²) in [4.78, 5) is 11.1. The molecule has 0 radical (unpaired) electrons. The Morgan fingerprint density at radius 1 is 0.870 bits per heavy atom. The Hall–Kier alpha value is -2.87. The molecular weight excluding hydrogens is 284 g/mol. The Morgan fingerprint density at radius 3 is 2.30 bits per heavy atom. The van der Waals surface area contributed by atoms with Crippen LogP contribution in [0.4, 0.5) is 0 Å². The zero-order chi connectivity index (χ0) is 16.1. The van der Waals surface area contributed by atoms with Crippen LogP contribution in [0.25, 0.3) is 16.3 Å². The van der Waals surface area contributed by atoms with Crippen molar-refractivity contribution in [3.8, 4) is 0 Å². The van der Waals surface area contributed by atoms with Gasteiger partial charge in [-0.25, -0.2) is 4.79 Å². The highest BCUT2D eigenvalue weighted by Gasteiger charge is 2.05. The zero-order valence-electron chi connectivity index (χ0n) is 12.8. The maximum absolute atomic E-state index is 11.1. The largest absolute Gasteiger partial charge is 0.478 e. The number of carboxylic acids is 1. The Balaban J connectivity index is 1.81. The first-order chi connectivity index (χ1) is 11.2. The van der Waals surface area contributed by atoms with Gasteiger partial charge in [-0.1, -0.05) is 72.8 Å². The summed E-state index contributed by atoms with van der Waals surface area (Å²) in [5.41, 5.74) is 3.04. The number of aryl methyl sites for hydroxylation is 1. The summed E-state index contributed by atoms with van der Waals surface area (Å²) in [5, 5.41) is 11.5. The van der Waals surface area contributed by atoms with Crippen LogP contribution in [0.2, 0.25) is 0 Å². The second kappa shape index (κ2) is 6.93. The van der Waals surface area contributed by atoms with E-state index in [1.807, 2.05) is 42.5 Å². The van der Waals surface area contributed by atoms with Crippen molar-refractivity contribution >= 4 is 22.3 Å². The molecule has 0 unspecified atom stereocenters. The van der Waals surface area contributed by atoms with Crippen LogP contribution in [0, 0.1) is 0 Å². The SMILES string of the molecule is O=C(O)/C=C(/CCc1ccc2ccccc2c1)c1ccccc1. The average molecular weight is 302 g/mol. The standard InChI is InChI=1S/C21H18O2/c22-21(23)15-20(17-6-2-1-3-7-17)13-11-16-10-12-18-8-4-5-9-19(18)14-16/h1-10,12,14-15H,11,13H2,(H,22,23)/b20-15-. The van der Waals surface area contributed by atoms with Crippen LogP contribution < -0.4 is 0 Å². The Kier molecular flexibility index (Phi) is 4.53. The molecule has 0 spiro atoms. The van der Waals surface area contributed by atoms with Crippen molar-refractivity contribution in [2.75, 3.05) is 0 Å². The van der Waals surface area contributed by atoms with Gasteiger partial charge >= 0.3 is 5.97 Å². The van der Waals surface area contributed by atoms with Gasteiger partial charge in [0, 0.05) is 6.08 Å². The Labute approximate surface area is 135 Å². The number of carbonyl (C=O) groups is 1. The van der Waals surface area contributed by atoms with Gasteiger partial charge in [0.25, 0.3) is 0 Å². The van der Waals surface area contributed by atoms with E-state index >= 15 is 0 Å². The van der Waals surface area contributed by atoms with Crippen molar-refractivity contribution in [1.29, 1.82) is 0 Å². The fourth-order valence-corrected chi connectivity index (χ4v) is 2.77. The maximum Gasteiger partial charge on any atom is 0.328 e. The fraction of sp³-hybridized carbons (Fsp3) is 0.0952. The second-order valence-electron chi connectivity index (χ2n) is 5.56. The van der Waals surface area contributed by atoms with Crippen molar-refractivity contribution in [1.82, 2.24) is 0 Å². The Morgan fingerprint density at radius 2 is 1.57 bits per heavy atom. The summed E-state index contributed by atoms with van der Waals surface area (Å²) in [6, 6.07) is 24.4. The van der Waals surface area contributed by atoms with Gasteiger partial charge in [-0.15, -0.1) is 0 Å². The van der Waals surface area contributed by atoms with Crippen molar-refractivity contribution in [2.45, 2.75) is 12.8 Å². The molecule has 3 rings (SSSR count). The lowest BCUT2D eigenvalue weighted by Gasteiger charge is -2.08. The molecule has 3 aromatic rings. The van der Waals surface area contributed by atoms with E-state index in [0.29, 0.717) is 6.42 Å². The number of benzene rings is 3. The minimum atomic E-state index is -0.901. The lowest BCUT2D eigenvalue weighted by Crippen LogP contribution is -1.95. The van der Waals surface area contributed by atoms with E-state index in [-0.39, 0.29) is 0 Å². The molecular formula is C21H18O2. The number of allylic oxidation sites excluding steroid dienone is 1. The quantitative estimate of drug-likeness (QED) is 0.678. The average Bonchev–Trinajstić information content (AvgIpc) is 2.59. The molecule has 114 valence electrons. The van der Waals surface area contributed by atoms with Gasteiger partial charge in [-0.05, 0) is 40.3 Å². The molecule has 0 saturated carbocycles. The lowest BCUT2D eigenvalue weighted by molar-refractivity contribution is -0.131. The Bertz CT molecular complexity index is 848. The van der Waals surface area contributed by atoms with Crippen molar-refractivity contribution in [2.24, 2.45) is 0 Å². The van der Waals surface area contributed by atoms with E-state index in [1.165, 1.54) is 22.4 Å². The van der Waals surface area contributed by atoms with Crippen molar-refractivity contribution in [3.63, 3.8) is 0 Å². The minimum absolute atomic E-state index is 0.703. The van der Waals surface area contributed by atoms with Crippen LogP contribution in [-0.2, 0) is 11.2 Å². The summed E-state index contributed by atoms with van der Waals surface area (Å²) in [5.74, 6) is -0.901. The summed E-state index contributed by atoms with van der Waals surface area (Å²) in [6.45, 7) is 0. The van der Waals surface area contributed by atoms with Crippen LogP contribution in [0.15, 0.2) is 78.9 Å². The normalized spacial score (nSPS) is 11.6. The van der Waals surface area contributed by atoms with Crippen molar-refractivity contribution < 1.29 is 9.90 Å². The number of hydrogen-bond acceptors (Lipinski definition) is 1. The molecule has 0 bridgehead atoms. The second-order valence-corrected chi connectivity index (χ2v) is 5.56. The first kappa shape index (κ1) is 15.0. The number of aliphatic carboxylic acids is 1. The molecule has 0 aromatic heterocycles. The number of fused-ring (bicyclic) bond motifs is 1. The lowest BCUT2D eigenvalue weighted by atomic mass is 9.97. The number of rotatable bonds is 5. The highest BCUT2D eigenvalue weighted by Crippen LogP contribution is 2.22. The molecule has 2 heteroatoms. The third-order valence-electron chi connectivity index (χ3n) is 3.94. The monoisotopic (exact) mass is 302 g/mol. The minimum Gasteiger partial charge on any atom is -0.478 e. The summed E-state index contributed by atoms with van der Waals surface area (Å²) in [7, 11) is 0. The van der Waals surface area contributed by atoms with Gasteiger partial charge in [0.1, 0.15) is 0 Å². The molecule has 0 aliphatic heterocycles. The molecule has 0 saturated heterocycles. The van der Waals surface area contributed by atoms with Gasteiger partial charge in [0.05, 0.1) is 0 Å². The van der Waals surface area contributed by atoms with E-state index in [9.17, 15) is 4.79 Å². The molecule has 23 heavy (non-hydrogen) atoms. The summed E-state index contributed by atoms with van der Waals surface area (Å²) >= 11 is 0. The van der Waals surface area contributed by atoms with Gasteiger partial charge in [0.15, 0.2) is 0 Å². The smallest absolute Gasteiger partial charge is 0.328 e. The third kappa shape index (κ3) is 3.86. The molecule has 0 atom stereocenters. The highest BCUT2D eigenvalue weighted by molar-refractivity contribution is 5.90. The molecule has 0 heterocycles. The molecule has 0 aliphatic carbocycles. The van der Waals surface area contributed by atoms with E-state index in [4.69, 9.17) is 5.11 Å². The summed E-state index contributed by atoms with van der Waals surface area (Å²) in [6.07, 6.45) is 2.84. The number of hydrogen-bond donors (Lipinski definition) is 1. The van der Waals surface area contributed by atoms with E-state index in [2.05, 4.69) is 30.3 Å². The van der Waals surface area contributed by atoms with Gasteiger partial charge in [-0.2, -0.15) is 0 Å². The van der Waals surface area contributed by atoms with Gasteiger partial charge < -0.3 is 5.11 Å². The van der Waals surface area contributed by atoms with E-state index in [1.54, 1.807) is 0 Å². The van der Waals surface area contributed by atoms with E-state index < -0.39 is 5.97 Å². The molecule has 0 amide bonds. The molecule has 1 N–H and O–H groups in total. The zero-order valence-corrected chi connectivity index (χ0v) is 12.8. The highest BCUT2D eigenvalue weighted by atomic mass is 16.4. The number of carboxylic acid groups (broad SMARTS) is 1. The van der Waals surface area contributed by atoms with Crippen LogP contribution in [0.3, 0.4) is 0 Å². The van der Waals surface area contributed by atoms with Crippen LogP contribution in [0.5, 0.6) is 0 Å². The van der Waals surface area contributed by atoms with Crippen LogP contribution >= 0.6 is 0 Å². The maximum atomic E-state index is 11.1. The van der Waals surface area contributed by atoms with E-state index in [0.717, 1.165) is 17.6 Å². The topological polar surface area (TPSA) is 37.3 Å². The first-order valence-corrected chi connectivity index (χ1v) is 7.69. The first-order valence-electron chi connectivity index (χ1n) is 7.69. The van der Waals surface area contributed by atoms with Crippen LogP contribution in [-0.4, -0.2) is 11.1 Å². The van der Waals surface area contributed by atoms with Gasteiger partial charge in [-0.3, -0.25) is 0 Å². The molecule has 0 aliphatic rings. The third-order valence-corrected chi connectivity index (χ3v) is 3.94. The summed E-state index contributed by atoms with van der Waals surface area (Å²) < 4.78 is 0. The molecule has 2 nitrogen and oxygen atoms in total. The fourth-order valence-electron chi connectivity index (χ4n) is 2.77. The molecule has 3 aromatic carbocycles. The van der Waals surface area contributed by atoms with Crippen molar-refractivity contribution in [3.05, 3.63) is 90.0 Å². The predicted octanol–water partition coefficient (Wildman–Crippen LogP) is 4.94. The predicted molar refractivity (Wildman–Crippen MR) is 94.3 cm³/mol. The molecule has 0 fully saturated rings. The van der Waals surface area contributed by atoms with Crippen LogP contribution in [0.1, 0.15) is 17.5 Å².